The van der Waals surface area contributed by atoms with E-state index >= 15 is 0 Å². The summed E-state index contributed by atoms with van der Waals surface area (Å²) >= 11 is 0. The second-order valence-electron chi connectivity index (χ2n) is 6.40. The van der Waals surface area contributed by atoms with Gasteiger partial charge < -0.3 is 0 Å². The van der Waals surface area contributed by atoms with Crippen LogP contribution >= 0.6 is 0 Å². The Hall–Kier alpha value is -0.850. The fraction of sp³-hybridized carbons (Fsp3) is 0.706. The Morgan fingerprint density at radius 2 is 1.72 bits per heavy atom. The first kappa shape index (κ1) is 12.2. The molecule has 0 aliphatic heterocycles. The summed E-state index contributed by atoms with van der Waals surface area (Å²) in [7, 11) is 0. The number of rotatable bonds is 5. The fourth-order valence-corrected chi connectivity index (χ4v) is 3.68. The van der Waals surface area contributed by atoms with Crippen molar-refractivity contribution in [2.45, 2.75) is 57.8 Å². The molecule has 1 unspecified atom stereocenters. The van der Waals surface area contributed by atoms with E-state index in [0.717, 1.165) is 17.8 Å². The van der Waals surface area contributed by atoms with E-state index in [1.165, 1.54) is 63.4 Å². The molecule has 0 spiro atoms. The van der Waals surface area contributed by atoms with Crippen LogP contribution in [0.1, 0.15) is 56.9 Å². The van der Waals surface area contributed by atoms with Gasteiger partial charge in [-0.3, -0.25) is 4.98 Å². The molecule has 0 N–H and O–H groups in total. The Bertz CT molecular complexity index is 349. The van der Waals surface area contributed by atoms with Crippen LogP contribution < -0.4 is 0 Å². The fourth-order valence-electron chi connectivity index (χ4n) is 3.68. The Morgan fingerprint density at radius 1 is 1.00 bits per heavy atom. The second kappa shape index (κ2) is 5.86. The summed E-state index contributed by atoms with van der Waals surface area (Å²) in [5, 5.41) is 0. The summed E-state index contributed by atoms with van der Waals surface area (Å²) in [6, 6.07) is 4.41. The lowest BCUT2D eigenvalue weighted by Gasteiger charge is -2.26. The summed E-state index contributed by atoms with van der Waals surface area (Å²) < 4.78 is 0. The van der Waals surface area contributed by atoms with Crippen LogP contribution in [0.5, 0.6) is 0 Å². The molecule has 1 aromatic heterocycles. The van der Waals surface area contributed by atoms with Gasteiger partial charge in [0.1, 0.15) is 0 Å². The molecule has 2 aliphatic carbocycles. The van der Waals surface area contributed by atoms with Crippen molar-refractivity contribution in [1.82, 2.24) is 4.98 Å². The molecule has 2 fully saturated rings. The van der Waals surface area contributed by atoms with Gasteiger partial charge in [-0.25, -0.2) is 0 Å². The lowest BCUT2D eigenvalue weighted by atomic mass is 9.79. The summed E-state index contributed by atoms with van der Waals surface area (Å²) in [4.78, 5) is 4.13. The Balaban J connectivity index is 1.58. The minimum atomic E-state index is 0.954. The van der Waals surface area contributed by atoms with Crippen molar-refractivity contribution in [3.05, 3.63) is 30.1 Å². The van der Waals surface area contributed by atoms with Crippen LogP contribution in [0.2, 0.25) is 0 Å². The van der Waals surface area contributed by atoms with Crippen LogP contribution in [0.25, 0.3) is 0 Å². The lowest BCUT2D eigenvalue weighted by molar-refractivity contribution is 0.269. The van der Waals surface area contributed by atoms with E-state index in [0.29, 0.717) is 0 Å². The van der Waals surface area contributed by atoms with Crippen molar-refractivity contribution in [2.24, 2.45) is 17.8 Å². The first-order chi connectivity index (χ1) is 8.92. The Kier molecular flexibility index (Phi) is 3.97. The van der Waals surface area contributed by atoms with Gasteiger partial charge in [0.2, 0.25) is 0 Å². The van der Waals surface area contributed by atoms with Crippen LogP contribution in [0.4, 0.5) is 0 Å². The highest BCUT2D eigenvalue weighted by atomic mass is 14.6. The number of hydrogen-bond donors (Lipinski definition) is 0. The van der Waals surface area contributed by atoms with Crippen LogP contribution in [0, 0.1) is 17.8 Å². The molecule has 0 amide bonds. The standard InChI is InChI=1S/C17H25N/c1-2-4-14(5-3-1)12-17(16-6-7-16)13-15-8-10-18-11-9-15/h8-11,14,16-17H,1-7,12-13H2. The monoisotopic (exact) mass is 243 g/mol. The summed E-state index contributed by atoms with van der Waals surface area (Å²) in [6.45, 7) is 0. The molecular weight excluding hydrogens is 218 g/mol. The molecule has 1 atom stereocenters. The van der Waals surface area contributed by atoms with E-state index in [1.807, 2.05) is 12.4 Å². The maximum absolute atomic E-state index is 4.13. The first-order valence-corrected chi connectivity index (χ1v) is 7.81. The van der Waals surface area contributed by atoms with Gasteiger partial charge in [-0.2, -0.15) is 0 Å². The summed E-state index contributed by atoms with van der Waals surface area (Å²) in [6.07, 6.45) is 17.1. The van der Waals surface area contributed by atoms with Crippen molar-refractivity contribution in [2.75, 3.05) is 0 Å². The summed E-state index contributed by atoms with van der Waals surface area (Å²) in [5.74, 6) is 3.03. The normalized spacial score (nSPS) is 22.9. The highest BCUT2D eigenvalue weighted by Crippen LogP contribution is 2.43. The lowest BCUT2D eigenvalue weighted by Crippen LogP contribution is -2.16. The molecule has 0 bridgehead atoms. The largest absolute Gasteiger partial charge is 0.265 e. The van der Waals surface area contributed by atoms with E-state index in [1.54, 1.807) is 0 Å². The smallest absolute Gasteiger partial charge is 0.0270 e. The first-order valence-electron chi connectivity index (χ1n) is 7.81. The van der Waals surface area contributed by atoms with Crippen LogP contribution in [0.15, 0.2) is 24.5 Å². The zero-order valence-corrected chi connectivity index (χ0v) is 11.4. The second-order valence-corrected chi connectivity index (χ2v) is 6.40. The Morgan fingerprint density at radius 3 is 2.39 bits per heavy atom. The van der Waals surface area contributed by atoms with Crippen molar-refractivity contribution in [3.63, 3.8) is 0 Å². The molecule has 0 aromatic carbocycles. The van der Waals surface area contributed by atoms with E-state index in [9.17, 15) is 0 Å². The van der Waals surface area contributed by atoms with Crippen LogP contribution in [0.3, 0.4) is 0 Å². The van der Waals surface area contributed by atoms with Gasteiger partial charge >= 0.3 is 0 Å². The quantitative estimate of drug-likeness (QED) is 0.735. The van der Waals surface area contributed by atoms with E-state index in [2.05, 4.69) is 17.1 Å². The molecule has 1 heteroatoms. The third-order valence-corrected chi connectivity index (χ3v) is 4.90. The van der Waals surface area contributed by atoms with Gasteiger partial charge in [-0.1, -0.05) is 32.1 Å². The molecule has 2 saturated carbocycles. The van der Waals surface area contributed by atoms with Crippen LogP contribution in [-0.4, -0.2) is 4.98 Å². The third-order valence-electron chi connectivity index (χ3n) is 4.90. The van der Waals surface area contributed by atoms with Gasteiger partial charge in [0.25, 0.3) is 0 Å². The predicted octanol–water partition coefficient (Wildman–Crippen LogP) is 4.62. The molecule has 1 heterocycles. The molecule has 2 aliphatic rings. The Labute approximate surface area is 111 Å². The molecule has 0 radical (unpaired) electrons. The molecule has 1 aromatic rings. The zero-order chi connectivity index (χ0) is 12.2. The van der Waals surface area contributed by atoms with Crippen molar-refractivity contribution in [1.29, 1.82) is 0 Å². The number of nitrogens with zero attached hydrogens (tertiary/aromatic N) is 1. The molecule has 1 nitrogen and oxygen atoms in total. The van der Waals surface area contributed by atoms with Gasteiger partial charge in [0.15, 0.2) is 0 Å². The zero-order valence-electron chi connectivity index (χ0n) is 11.4. The number of hydrogen-bond acceptors (Lipinski definition) is 1. The van der Waals surface area contributed by atoms with Crippen molar-refractivity contribution in [3.8, 4) is 0 Å². The maximum Gasteiger partial charge on any atom is 0.0270 e. The average Bonchev–Trinajstić information content (AvgIpc) is 3.25. The third kappa shape index (κ3) is 3.34. The molecular formula is C17H25N. The van der Waals surface area contributed by atoms with E-state index < -0.39 is 0 Å². The average molecular weight is 243 g/mol. The summed E-state index contributed by atoms with van der Waals surface area (Å²) in [5.41, 5.74) is 1.50. The number of pyridine rings is 1. The topological polar surface area (TPSA) is 12.9 Å². The molecule has 18 heavy (non-hydrogen) atoms. The van der Waals surface area contributed by atoms with Gasteiger partial charge in [0.05, 0.1) is 0 Å². The SMILES string of the molecule is c1cc(CC(CC2CCCCC2)C2CC2)ccn1. The highest BCUT2D eigenvalue weighted by Gasteiger charge is 2.32. The van der Waals surface area contributed by atoms with Crippen molar-refractivity contribution < 1.29 is 0 Å². The van der Waals surface area contributed by atoms with E-state index in [4.69, 9.17) is 0 Å². The predicted molar refractivity (Wildman–Crippen MR) is 75.3 cm³/mol. The van der Waals surface area contributed by atoms with Gasteiger partial charge in [-0.15, -0.1) is 0 Å². The van der Waals surface area contributed by atoms with Crippen molar-refractivity contribution >= 4 is 0 Å². The molecule has 3 rings (SSSR count). The minimum absolute atomic E-state index is 0.954. The van der Waals surface area contributed by atoms with E-state index in [-0.39, 0.29) is 0 Å². The van der Waals surface area contributed by atoms with Crippen LogP contribution in [-0.2, 0) is 6.42 Å². The molecule has 98 valence electrons. The highest BCUT2D eigenvalue weighted by molar-refractivity contribution is 5.11. The van der Waals surface area contributed by atoms with Gasteiger partial charge in [-0.05, 0) is 61.1 Å². The number of aromatic nitrogens is 1. The molecule has 0 saturated heterocycles. The maximum atomic E-state index is 4.13. The minimum Gasteiger partial charge on any atom is -0.265 e. The van der Waals surface area contributed by atoms with Gasteiger partial charge in [0, 0.05) is 12.4 Å².